The number of rotatable bonds is 7. The summed E-state index contributed by atoms with van der Waals surface area (Å²) in [5.74, 6) is -4.39. The number of aliphatic carboxylic acids is 1. The van der Waals surface area contributed by atoms with Gasteiger partial charge in [0.1, 0.15) is 5.54 Å². The second-order valence-electron chi connectivity index (χ2n) is 10.3. The Kier molecular flexibility index (Phi) is 6.35. The Morgan fingerprint density at radius 3 is 2.29 bits per heavy atom. The molecule has 38 heavy (non-hydrogen) atoms. The average molecular weight is 517 g/mol. The van der Waals surface area contributed by atoms with Gasteiger partial charge in [-0.25, -0.2) is 9.58 Å². The van der Waals surface area contributed by atoms with Crippen LogP contribution in [0.4, 0.5) is 5.69 Å². The number of benzene rings is 2. The van der Waals surface area contributed by atoms with Gasteiger partial charge in [-0.15, -0.1) is 0 Å². The summed E-state index contributed by atoms with van der Waals surface area (Å²) in [7, 11) is 1.75. The van der Waals surface area contributed by atoms with E-state index in [1.165, 1.54) is 4.68 Å². The van der Waals surface area contributed by atoms with Crippen LogP contribution < -0.4 is 15.8 Å². The van der Waals surface area contributed by atoms with Crippen molar-refractivity contribution in [1.82, 2.24) is 14.7 Å². The van der Waals surface area contributed by atoms with Gasteiger partial charge in [0.2, 0.25) is 11.8 Å². The molecule has 0 radical (unpaired) electrons. The van der Waals surface area contributed by atoms with Crippen LogP contribution in [0.15, 0.2) is 59.4 Å². The molecule has 2 aliphatic rings. The number of unbranched alkanes of at least 4 members (excludes halogenated alkanes) is 1. The SMILES string of the molecule is CCCCC1(C(=O)O)NC(c2c(C)n(C)n(-c3ccccc3)c2=O)C2C(=O)N(c3ccccc3C)C(=O)C21. The number of hydrogen-bond acceptors (Lipinski definition) is 5. The number of carboxylic acid groups (broad SMARTS) is 1. The number of anilines is 1. The predicted octanol–water partition coefficient (Wildman–Crippen LogP) is 3.26. The van der Waals surface area contributed by atoms with Crippen LogP contribution >= 0.6 is 0 Å². The van der Waals surface area contributed by atoms with Crippen LogP contribution in [-0.4, -0.2) is 37.8 Å². The van der Waals surface area contributed by atoms with Crippen LogP contribution in [-0.2, 0) is 21.4 Å². The lowest BCUT2D eigenvalue weighted by atomic mass is 9.76. The Labute approximate surface area is 220 Å². The van der Waals surface area contributed by atoms with E-state index in [-0.39, 0.29) is 12.0 Å². The smallest absolute Gasteiger partial charge is 0.324 e. The van der Waals surface area contributed by atoms with Crippen molar-refractivity contribution in [3.63, 3.8) is 0 Å². The molecule has 198 valence electrons. The summed E-state index contributed by atoms with van der Waals surface area (Å²) in [6.07, 6.45) is 1.42. The first-order chi connectivity index (χ1) is 18.2. The molecule has 5 rings (SSSR count). The largest absolute Gasteiger partial charge is 0.480 e. The highest BCUT2D eigenvalue weighted by atomic mass is 16.4. The van der Waals surface area contributed by atoms with Gasteiger partial charge in [0.25, 0.3) is 5.56 Å². The first kappa shape index (κ1) is 25.7. The molecule has 3 aromatic rings. The van der Waals surface area contributed by atoms with Gasteiger partial charge in [0.05, 0.1) is 34.8 Å². The van der Waals surface area contributed by atoms with E-state index in [1.54, 1.807) is 43.8 Å². The highest BCUT2D eigenvalue weighted by molar-refractivity contribution is 6.24. The number of nitrogens with zero attached hydrogens (tertiary/aromatic N) is 3. The van der Waals surface area contributed by atoms with E-state index in [9.17, 15) is 24.3 Å². The van der Waals surface area contributed by atoms with Gasteiger partial charge in [-0.1, -0.05) is 56.2 Å². The predicted molar refractivity (Wildman–Crippen MR) is 142 cm³/mol. The molecule has 0 bridgehead atoms. The number of aromatic nitrogens is 2. The van der Waals surface area contributed by atoms with E-state index >= 15 is 0 Å². The van der Waals surface area contributed by atoms with Crippen molar-refractivity contribution in [2.75, 3.05) is 4.90 Å². The Bertz CT molecular complexity index is 1490. The minimum atomic E-state index is -1.68. The topological polar surface area (TPSA) is 114 Å². The third kappa shape index (κ3) is 3.56. The molecule has 9 nitrogen and oxygen atoms in total. The minimum Gasteiger partial charge on any atom is -0.480 e. The van der Waals surface area contributed by atoms with E-state index in [4.69, 9.17) is 0 Å². The quantitative estimate of drug-likeness (QED) is 0.466. The van der Waals surface area contributed by atoms with Gasteiger partial charge in [0, 0.05) is 12.7 Å². The number of carbonyl (C=O) groups is 3. The minimum absolute atomic E-state index is 0.163. The maximum Gasteiger partial charge on any atom is 0.324 e. The second kappa shape index (κ2) is 9.40. The van der Waals surface area contributed by atoms with Crippen molar-refractivity contribution in [2.45, 2.75) is 51.6 Å². The third-order valence-electron chi connectivity index (χ3n) is 8.23. The average Bonchev–Trinajstić information content (AvgIpc) is 3.45. The van der Waals surface area contributed by atoms with Crippen molar-refractivity contribution < 1.29 is 19.5 Å². The molecule has 0 aliphatic carbocycles. The third-order valence-corrected chi connectivity index (χ3v) is 8.23. The molecule has 2 aliphatic heterocycles. The Balaban J connectivity index is 1.72. The van der Waals surface area contributed by atoms with Crippen molar-refractivity contribution in [3.05, 3.63) is 81.8 Å². The van der Waals surface area contributed by atoms with E-state index in [2.05, 4.69) is 5.32 Å². The number of para-hydroxylation sites is 2. The molecule has 2 saturated heterocycles. The van der Waals surface area contributed by atoms with Crippen LogP contribution in [0.2, 0.25) is 0 Å². The van der Waals surface area contributed by atoms with Crippen LogP contribution in [0.5, 0.6) is 0 Å². The molecule has 0 saturated carbocycles. The van der Waals surface area contributed by atoms with Gasteiger partial charge < -0.3 is 5.11 Å². The normalized spacial score (nSPS) is 24.7. The number of carboxylic acids is 1. The molecule has 2 fully saturated rings. The van der Waals surface area contributed by atoms with Crippen molar-refractivity contribution in [3.8, 4) is 5.69 Å². The lowest BCUT2D eigenvalue weighted by Gasteiger charge is -2.31. The summed E-state index contributed by atoms with van der Waals surface area (Å²) in [4.78, 5) is 56.0. The van der Waals surface area contributed by atoms with Crippen molar-refractivity contribution in [2.24, 2.45) is 18.9 Å². The fraction of sp³-hybridized carbons (Fsp3) is 0.379. The number of amides is 2. The zero-order valence-corrected chi connectivity index (χ0v) is 22.0. The summed E-state index contributed by atoms with van der Waals surface area (Å²) in [6, 6.07) is 15.2. The van der Waals surface area contributed by atoms with E-state index < -0.39 is 41.2 Å². The molecule has 0 spiro atoms. The number of aryl methyl sites for hydroxylation is 1. The van der Waals surface area contributed by atoms with E-state index in [0.29, 0.717) is 35.5 Å². The molecule has 2 N–H and O–H groups in total. The van der Waals surface area contributed by atoms with Crippen LogP contribution in [0.3, 0.4) is 0 Å². The summed E-state index contributed by atoms with van der Waals surface area (Å²) < 4.78 is 3.21. The second-order valence-corrected chi connectivity index (χ2v) is 10.3. The van der Waals surface area contributed by atoms with Gasteiger partial charge in [-0.2, -0.15) is 0 Å². The number of hydrogen-bond donors (Lipinski definition) is 2. The first-order valence-electron chi connectivity index (χ1n) is 12.9. The summed E-state index contributed by atoms with van der Waals surface area (Å²) >= 11 is 0. The Morgan fingerprint density at radius 1 is 1.00 bits per heavy atom. The van der Waals surface area contributed by atoms with Gasteiger partial charge in [0.15, 0.2) is 0 Å². The summed E-state index contributed by atoms with van der Waals surface area (Å²) in [6.45, 7) is 5.53. The highest BCUT2D eigenvalue weighted by Gasteiger charge is 2.69. The number of carbonyl (C=O) groups excluding carboxylic acids is 2. The lowest BCUT2D eigenvalue weighted by Crippen LogP contribution is -2.56. The zero-order valence-electron chi connectivity index (χ0n) is 22.0. The molecule has 2 amide bonds. The summed E-state index contributed by atoms with van der Waals surface area (Å²) in [5, 5.41) is 13.7. The maximum atomic E-state index is 14.1. The van der Waals surface area contributed by atoms with Gasteiger partial charge >= 0.3 is 5.97 Å². The molecular formula is C29H32N4O5. The van der Waals surface area contributed by atoms with Gasteiger partial charge in [-0.3, -0.25) is 29.2 Å². The fourth-order valence-electron chi connectivity index (χ4n) is 6.24. The molecule has 4 unspecified atom stereocenters. The maximum absolute atomic E-state index is 14.1. The van der Waals surface area contributed by atoms with Crippen LogP contribution in [0, 0.1) is 25.7 Å². The monoisotopic (exact) mass is 516 g/mol. The fourth-order valence-corrected chi connectivity index (χ4v) is 6.24. The molecule has 2 aromatic carbocycles. The number of imide groups is 1. The molecule has 3 heterocycles. The van der Waals surface area contributed by atoms with Crippen molar-refractivity contribution >= 4 is 23.5 Å². The number of fused-ring (bicyclic) bond motifs is 1. The molecule has 1 aromatic heterocycles. The molecule has 9 heteroatoms. The Hall–Kier alpha value is -3.98. The lowest BCUT2D eigenvalue weighted by molar-refractivity contribution is -0.149. The standard InChI is InChI=1S/C29H32N4O5/c1-5-6-16-29(28(37)38)23-22(25(34)32(27(23)36)20-15-11-10-12-17(20)2)24(30-29)21-18(3)31(4)33(26(21)35)19-13-8-7-9-14-19/h7-15,22-24,30H,5-6,16H2,1-4H3,(H,37,38). The van der Waals surface area contributed by atoms with Crippen LogP contribution in [0.25, 0.3) is 5.69 Å². The van der Waals surface area contributed by atoms with Gasteiger partial charge in [-0.05, 0) is 44.0 Å². The summed E-state index contributed by atoms with van der Waals surface area (Å²) in [5.41, 5.74) is 0.697. The number of nitrogens with one attached hydrogen (secondary N) is 1. The Morgan fingerprint density at radius 2 is 1.66 bits per heavy atom. The highest BCUT2D eigenvalue weighted by Crippen LogP contribution is 2.51. The van der Waals surface area contributed by atoms with E-state index in [1.807, 2.05) is 43.3 Å². The molecule has 4 atom stereocenters. The molecular weight excluding hydrogens is 484 g/mol. The first-order valence-corrected chi connectivity index (χ1v) is 12.9. The van der Waals surface area contributed by atoms with Crippen molar-refractivity contribution in [1.29, 1.82) is 0 Å². The van der Waals surface area contributed by atoms with E-state index in [0.717, 1.165) is 10.5 Å². The zero-order chi connectivity index (χ0) is 27.4. The van der Waals surface area contributed by atoms with Crippen LogP contribution in [0.1, 0.15) is 49.0 Å².